The van der Waals surface area contributed by atoms with Crippen molar-refractivity contribution in [2.45, 2.75) is 51.7 Å². The van der Waals surface area contributed by atoms with Crippen LogP contribution in [-0.4, -0.2) is 26.4 Å². The molecule has 126 valence electrons. The molecular weight excluding hydrogens is 288 g/mol. The van der Waals surface area contributed by atoms with Gasteiger partial charge in [0.05, 0.1) is 39.6 Å². The standard InChI is InChI=1S/C20H28O3/c1-3-16(14-8-21-9-14)18-6-5-13-7-23-12-19(13)20(18)17(4-2)15-10-22-11-15/h5-6,14-17H,3-4,7-12H2,1-2H3. The summed E-state index contributed by atoms with van der Waals surface area (Å²) in [5.41, 5.74) is 6.07. The summed E-state index contributed by atoms with van der Waals surface area (Å²) in [4.78, 5) is 0. The van der Waals surface area contributed by atoms with Gasteiger partial charge < -0.3 is 14.2 Å². The van der Waals surface area contributed by atoms with E-state index in [-0.39, 0.29) is 0 Å². The smallest absolute Gasteiger partial charge is 0.0727 e. The molecule has 0 bridgehead atoms. The fourth-order valence-electron chi connectivity index (χ4n) is 4.61. The van der Waals surface area contributed by atoms with Crippen molar-refractivity contribution < 1.29 is 14.2 Å². The summed E-state index contributed by atoms with van der Waals surface area (Å²) in [5.74, 6) is 2.61. The van der Waals surface area contributed by atoms with E-state index in [1.807, 2.05) is 0 Å². The fourth-order valence-corrected chi connectivity index (χ4v) is 4.61. The molecule has 3 heteroatoms. The molecule has 0 amide bonds. The third kappa shape index (κ3) is 2.63. The largest absolute Gasteiger partial charge is 0.381 e. The van der Waals surface area contributed by atoms with Gasteiger partial charge in [-0.2, -0.15) is 0 Å². The highest BCUT2D eigenvalue weighted by Gasteiger charge is 2.37. The van der Waals surface area contributed by atoms with Crippen LogP contribution >= 0.6 is 0 Å². The van der Waals surface area contributed by atoms with Gasteiger partial charge in [-0.15, -0.1) is 0 Å². The molecule has 3 aliphatic heterocycles. The second-order valence-electron chi connectivity index (χ2n) is 7.32. The van der Waals surface area contributed by atoms with Gasteiger partial charge in [0.1, 0.15) is 0 Å². The highest BCUT2D eigenvalue weighted by molar-refractivity contribution is 5.46. The Morgan fingerprint density at radius 2 is 1.52 bits per heavy atom. The van der Waals surface area contributed by atoms with Gasteiger partial charge >= 0.3 is 0 Å². The van der Waals surface area contributed by atoms with Crippen LogP contribution in [0.4, 0.5) is 0 Å². The van der Waals surface area contributed by atoms with Crippen molar-refractivity contribution in [3.63, 3.8) is 0 Å². The first-order valence-corrected chi connectivity index (χ1v) is 9.21. The monoisotopic (exact) mass is 316 g/mol. The van der Waals surface area contributed by atoms with E-state index in [4.69, 9.17) is 14.2 Å². The summed E-state index contributed by atoms with van der Waals surface area (Å²) in [6.45, 7) is 9.92. The van der Waals surface area contributed by atoms with Crippen molar-refractivity contribution in [3.05, 3.63) is 34.4 Å². The maximum atomic E-state index is 5.79. The molecule has 3 nitrogen and oxygen atoms in total. The van der Waals surface area contributed by atoms with E-state index in [0.717, 1.165) is 39.6 Å². The molecule has 1 aromatic rings. The van der Waals surface area contributed by atoms with Crippen LogP contribution in [0.3, 0.4) is 0 Å². The van der Waals surface area contributed by atoms with Crippen LogP contribution in [0.25, 0.3) is 0 Å². The number of hydrogen-bond donors (Lipinski definition) is 0. The summed E-state index contributed by atoms with van der Waals surface area (Å²) < 4.78 is 16.8. The van der Waals surface area contributed by atoms with E-state index in [1.165, 1.54) is 24.0 Å². The normalized spacial score (nSPS) is 23.9. The minimum atomic E-state index is 0.616. The Labute approximate surface area is 139 Å². The molecule has 2 fully saturated rings. The predicted molar refractivity (Wildman–Crippen MR) is 89.6 cm³/mol. The second-order valence-corrected chi connectivity index (χ2v) is 7.32. The zero-order chi connectivity index (χ0) is 15.8. The van der Waals surface area contributed by atoms with E-state index < -0.39 is 0 Å². The number of rotatable bonds is 6. The van der Waals surface area contributed by atoms with Crippen molar-refractivity contribution in [1.29, 1.82) is 0 Å². The predicted octanol–water partition coefficient (Wildman–Crippen LogP) is 4.00. The van der Waals surface area contributed by atoms with Crippen LogP contribution in [0.15, 0.2) is 12.1 Å². The Kier molecular flexibility index (Phi) is 4.44. The summed E-state index contributed by atoms with van der Waals surface area (Å²) >= 11 is 0. The Morgan fingerprint density at radius 3 is 2.09 bits per heavy atom. The van der Waals surface area contributed by atoms with Crippen molar-refractivity contribution in [3.8, 4) is 0 Å². The average molecular weight is 316 g/mol. The highest BCUT2D eigenvalue weighted by Crippen LogP contribution is 2.45. The highest BCUT2D eigenvalue weighted by atomic mass is 16.5. The van der Waals surface area contributed by atoms with Crippen LogP contribution in [0.1, 0.15) is 60.8 Å². The minimum Gasteiger partial charge on any atom is -0.381 e. The first-order chi connectivity index (χ1) is 11.3. The van der Waals surface area contributed by atoms with Crippen molar-refractivity contribution in [2.24, 2.45) is 11.8 Å². The van der Waals surface area contributed by atoms with E-state index in [0.29, 0.717) is 23.7 Å². The average Bonchev–Trinajstić information content (AvgIpc) is 2.94. The molecule has 3 heterocycles. The van der Waals surface area contributed by atoms with Crippen molar-refractivity contribution >= 4 is 0 Å². The molecule has 0 N–H and O–H groups in total. The lowest BCUT2D eigenvalue weighted by Crippen LogP contribution is -2.36. The molecule has 0 saturated carbocycles. The molecule has 1 aromatic carbocycles. The van der Waals surface area contributed by atoms with Crippen molar-refractivity contribution in [2.75, 3.05) is 26.4 Å². The lowest BCUT2D eigenvalue weighted by atomic mass is 9.72. The number of hydrogen-bond acceptors (Lipinski definition) is 3. The number of fused-ring (bicyclic) bond motifs is 1. The Bertz CT molecular complexity index is 560. The van der Waals surface area contributed by atoms with Crippen LogP contribution in [0.2, 0.25) is 0 Å². The Hall–Kier alpha value is -0.900. The van der Waals surface area contributed by atoms with Gasteiger partial charge in [0, 0.05) is 11.8 Å². The van der Waals surface area contributed by atoms with Gasteiger partial charge in [-0.25, -0.2) is 0 Å². The van der Waals surface area contributed by atoms with E-state index in [2.05, 4.69) is 26.0 Å². The molecule has 4 rings (SSSR count). The summed E-state index contributed by atoms with van der Waals surface area (Å²) in [7, 11) is 0. The molecule has 2 unspecified atom stereocenters. The zero-order valence-electron chi connectivity index (χ0n) is 14.3. The van der Waals surface area contributed by atoms with Gasteiger partial charge in [-0.1, -0.05) is 26.0 Å². The van der Waals surface area contributed by atoms with E-state index >= 15 is 0 Å². The lowest BCUT2D eigenvalue weighted by Gasteiger charge is -2.39. The lowest BCUT2D eigenvalue weighted by molar-refractivity contribution is -0.0495. The third-order valence-electron chi connectivity index (χ3n) is 6.11. The summed E-state index contributed by atoms with van der Waals surface area (Å²) in [6.07, 6.45) is 2.38. The van der Waals surface area contributed by atoms with Crippen LogP contribution in [0.5, 0.6) is 0 Å². The number of benzene rings is 1. The first-order valence-electron chi connectivity index (χ1n) is 9.21. The molecule has 23 heavy (non-hydrogen) atoms. The maximum absolute atomic E-state index is 5.79. The molecule has 2 saturated heterocycles. The molecule has 0 spiro atoms. The maximum Gasteiger partial charge on any atom is 0.0727 e. The van der Waals surface area contributed by atoms with Crippen LogP contribution in [0, 0.1) is 11.8 Å². The summed E-state index contributed by atoms with van der Waals surface area (Å²) in [6, 6.07) is 4.71. The second kappa shape index (κ2) is 6.54. The van der Waals surface area contributed by atoms with Gasteiger partial charge in [-0.3, -0.25) is 0 Å². The van der Waals surface area contributed by atoms with Gasteiger partial charge in [0.2, 0.25) is 0 Å². The topological polar surface area (TPSA) is 27.7 Å². The van der Waals surface area contributed by atoms with Gasteiger partial charge in [0.25, 0.3) is 0 Å². The van der Waals surface area contributed by atoms with Crippen LogP contribution < -0.4 is 0 Å². The Balaban J connectivity index is 1.78. The molecular formula is C20H28O3. The fraction of sp³-hybridized carbons (Fsp3) is 0.700. The third-order valence-corrected chi connectivity index (χ3v) is 6.11. The van der Waals surface area contributed by atoms with Gasteiger partial charge in [-0.05, 0) is 46.9 Å². The molecule has 0 aliphatic carbocycles. The SMILES string of the molecule is CCC(c1ccc2c(c1C(CC)C1COC1)COC2)C1COC1. The molecule has 0 radical (unpaired) electrons. The Morgan fingerprint density at radius 1 is 0.870 bits per heavy atom. The number of ether oxygens (including phenoxy) is 3. The van der Waals surface area contributed by atoms with E-state index in [1.54, 1.807) is 11.1 Å². The molecule has 0 aromatic heterocycles. The zero-order valence-corrected chi connectivity index (χ0v) is 14.3. The van der Waals surface area contributed by atoms with E-state index in [9.17, 15) is 0 Å². The van der Waals surface area contributed by atoms with Gasteiger partial charge in [0.15, 0.2) is 0 Å². The quantitative estimate of drug-likeness (QED) is 0.794. The summed E-state index contributed by atoms with van der Waals surface area (Å²) in [5, 5.41) is 0. The molecule has 3 aliphatic rings. The van der Waals surface area contributed by atoms with Crippen molar-refractivity contribution in [1.82, 2.24) is 0 Å². The molecule has 2 atom stereocenters. The minimum absolute atomic E-state index is 0.616. The first kappa shape index (κ1) is 15.6. The van der Waals surface area contributed by atoms with Crippen LogP contribution in [-0.2, 0) is 27.4 Å².